The van der Waals surface area contributed by atoms with Crippen molar-refractivity contribution < 1.29 is 18.7 Å². The number of para-hydroxylation sites is 1. The third kappa shape index (κ3) is 2.65. The van der Waals surface area contributed by atoms with E-state index in [-0.39, 0.29) is 47.4 Å². The molecule has 0 saturated carbocycles. The molecule has 2 unspecified atom stereocenters. The first kappa shape index (κ1) is 21.1. The Labute approximate surface area is 200 Å². The van der Waals surface area contributed by atoms with Gasteiger partial charge in [-0.15, -0.1) is 6.58 Å². The maximum atomic E-state index is 14.3. The highest BCUT2D eigenvalue weighted by atomic mass is 35.5. The zero-order valence-corrected chi connectivity index (χ0v) is 19.0. The van der Waals surface area contributed by atoms with E-state index in [0.29, 0.717) is 22.9 Å². The number of ether oxygens (including phenoxy) is 1. The van der Waals surface area contributed by atoms with Crippen LogP contribution in [0.15, 0.2) is 64.3 Å². The molecule has 34 heavy (non-hydrogen) atoms. The lowest BCUT2D eigenvalue weighted by Gasteiger charge is -2.35. The SMILES string of the molecule is C=CCN1C(=O)C2(c3ccccc31)c1c(oc3ccc(Cl)cc3c1=O)C(=O)N2CC1CCCO1. The zero-order chi connectivity index (χ0) is 23.6. The lowest BCUT2D eigenvalue weighted by atomic mass is 9.83. The first-order chi connectivity index (χ1) is 16.5. The number of halogens is 1. The van der Waals surface area contributed by atoms with Crippen LogP contribution in [0.3, 0.4) is 0 Å². The fraction of sp³-hybridized carbons (Fsp3) is 0.269. The lowest BCUT2D eigenvalue weighted by molar-refractivity contribution is -0.126. The molecule has 6 rings (SSSR count). The molecule has 172 valence electrons. The summed E-state index contributed by atoms with van der Waals surface area (Å²) in [5, 5.41) is 0.589. The van der Waals surface area contributed by atoms with Gasteiger partial charge in [-0.05, 0) is 37.1 Å². The molecule has 0 bridgehead atoms. The van der Waals surface area contributed by atoms with Gasteiger partial charge in [0.25, 0.3) is 11.8 Å². The molecule has 1 saturated heterocycles. The Balaban J connectivity index is 1.70. The van der Waals surface area contributed by atoms with Crippen molar-refractivity contribution in [3.05, 3.63) is 87.3 Å². The normalized spacial score (nSPS) is 23.3. The Morgan fingerprint density at radius 3 is 2.76 bits per heavy atom. The molecule has 3 aliphatic heterocycles. The smallest absolute Gasteiger partial charge is 0.291 e. The van der Waals surface area contributed by atoms with Crippen molar-refractivity contribution in [2.75, 3.05) is 24.6 Å². The third-order valence-corrected chi connectivity index (χ3v) is 7.15. The van der Waals surface area contributed by atoms with Crippen LogP contribution in [0, 0.1) is 0 Å². The summed E-state index contributed by atoms with van der Waals surface area (Å²) in [5.74, 6) is -0.989. The van der Waals surface area contributed by atoms with Crippen molar-refractivity contribution in [3.63, 3.8) is 0 Å². The maximum absolute atomic E-state index is 14.3. The number of hydrogen-bond acceptors (Lipinski definition) is 5. The number of carbonyl (C=O) groups excluding carboxylic acids is 2. The van der Waals surface area contributed by atoms with E-state index in [0.717, 1.165) is 12.8 Å². The molecule has 1 fully saturated rings. The molecule has 3 aliphatic rings. The van der Waals surface area contributed by atoms with Crippen molar-refractivity contribution in [1.82, 2.24) is 4.90 Å². The van der Waals surface area contributed by atoms with Gasteiger partial charge in [0.1, 0.15) is 5.58 Å². The third-order valence-electron chi connectivity index (χ3n) is 6.92. The number of anilines is 1. The second-order valence-electron chi connectivity index (χ2n) is 8.76. The van der Waals surface area contributed by atoms with E-state index in [4.69, 9.17) is 20.8 Å². The van der Waals surface area contributed by atoms with Gasteiger partial charge in [-0.25, -0.2) is 0 Å². The van der Waals surface area contributed by atoms with Gasteiger partial charge in [-0.1, -0.05) is 35.9 Å². The molecule has 0 radical (unpaired) electrons. The Bertz CT molecular complexity index is 1440. The molecule has 7 nitrogen and oxygen atoms in total. The second kappa shape index (κ2) is 7.55. The Hall–Kier alpha value is -3.42. The van der Waals surface area contributed by atoms with Crippen LogP contribution in [0.2, 0.25) is 5.02 Å². The van der Waals surface area contributed by atoms with Crippen LogP contribution >= 0.6 is 11.6 Å². The molecule has 4 heterocycles. The minimum atomic E-state index is -1.64. The molecule has 0 N–H and O–H groups in total. The van der Waals surface area contributed by atoms with E-state index in [9.17, 15) is 14.4 Å². The van der Waals surface area contributed by atoms with Gasteiger partial charge in [-0.3, -0.25) is 14.4 Å². The van der Waals surface area contributed by atoms with Crippen LogP contribution in [-0.2, 0) is 15.1 Å². The van der Waals surface area contributed by atoms with E-state index in [1.165, 1.54) is 11.0 Å². The maximum Gasteiger partial charge on any atom is 0.291 e. The fourth-order valence-electron chi connectivity index (χ4n) is 5.52. The number of nitrogens with zero attached hydrogens (tertiary/aromatic N) is 2. The lowest BCUT2D eigenvalue weighted by Crippen LogP contribution is -2.55. The van der Waals surface area contributed by atoms with E-state index in [2.05, 4.69) is 6.58 Å². The number of amides is 2. The summed E-state index contributed by atoms with van der Waals surface area (Å²) in [4.78, 5) is 45.1. The summed E-state index contributed by atoms with van der Waals surface area (Å²) in [6, 6.07) is 11.9. The molecule has 3 aromatic rings. The Morgan fingerprint density at radius 1 is 1.18 bits per heavy atom. The highest BCUT2D eigenvalue weighted by Gasteiger charge is 2.65. The minimum Gasteiger partial charge on any atom is -0.450 e. The monoisotopic (exact) mass is 476 g/mol. The average molecular weight is 477 g/mol. The number of fused-ring (bicyclic) bond motifs is 5. The first-order valence-electron chi connectivity index (χ1n) is 11.2. The quantitative estimate of drug-likeness (QED) is 0.534. The molecule has 2 aromatic carbocycles. The van der Waals surface area contributed by atoms with E-state index >= 15 is 0 Å². The average Bonchev–Trinajstić information content (AvgIpc) is 3.50. The van der Waals surface area contributed by atoms with E-state index < -0.39 is 16.9 Å². The second-order valence-corrected chi connectivity index (χ2v) is 9.20. The van der Waals surface area contributed by atoms with Gasteiger partial charge in [0.15, 0.2) is 11.0 Å². The van der Waals surface area contributed by atoms with Crippen LogP contribution in [-0.4, -0.2) is 42.5 Å². The minimum absolute atomic E-state index is 0.0364. The van der Waals surface area contributed by atoms with E-state index in [1.807, 2.05) is 12.1 Å². The van der Waals surface area contributed by atoms with Crippen LogP contribution in [0.1, 0.15) is 34.5 Å². The van der Waals surface area contributed by atoms with Gasteiger partial charge >= 0.3 is 0 Å². The Kier molecular flexibility index (Phi) is 4.69. The predicted octanol–water partition coefficient (Wildman–Crippen LogP) is 3.86. The van der Waals surface area contributed by atoms with Crippen LogP contribution < -0.4 is 10.3 Å². The van der Waals surface area contributed by atoms with Gasteiger partial charge in [-0.2, -0.15) is 0 Å². The summed E-state index contributed by atoms with van der Waals surface area (Å²) in [6.45, 7) is 4.79. The number of hydrogen-bond donors (Lipinski definition) is 0. The standard InChI is InChI=1S/C26H21ClN2O5/c1-2-11-28-19-8-4-3-7-18(19)26(25(28)32)21-22(30)17-13-15(27)9-10-20(17)34-23(21)24(31)29(26)14-16-6-5-12-33-16/h2-4,7-10,13,16H,1,5-6,11-12,14H2. The van der Waals surface area contributed by atoms with Crippen molar-refractivity contribution in [2.24, 2.45) is 0 Å². The molecular weight excluding hydrogens is 456 g/mol. The van der Waals surface area contributed by atoms with Crippen LogP contribution in [0.25, 0.3) is 11.0 Å². The summed E-state index contributed by atoms with van der Waals surface area (Å²) in [5.41, 5.74) is -0.594. The Morgan fingerprint density at radius 2 is 2.00 bits per heavy atom. The molecule has 2 atom stereocenters. The highest BCUT2D eigenvalue weighted by Crippen LogP contribution is 2.52. The topological polar surface area (TPSA) is 80.1 Å². The summed E-state index contributed by atoms with van der Waals surface area (Å²) in [6.07, 6.45) is 3.03. The van der Waals surface area contributed by atoms with Gasteiger partial charge in [0, 0.05) is 30.3 Å². The summed E-state index contributed by atoms with van der Waals surface area (Å²) in [7, 11) is 0. The zero-order valence-electron chi connectivity index (χ0n) is 18.3. The number of rotatable bonds is 4. The van der Waals surface area contributed by atoms with Gasteiger partial charge in [0.05, 0.1) is 22.7 Å². The fourth-order valence-corrected chi connectivity index (χ4v) is 5.69. The first-order valence-corrected chi connectivity index (χ1v) is 11.6. The molecule has 1 spiro atoms. The molecule has 1 aromatic heterocycles. The van der Waals surface area contributed by atoms with Gasteiger partial charge in [0.2, 0.25) is 5.76 Å². The molecular formula is C26H21ClN2O5. The van der Waals surface area contributed by atoms with E-state index in [1.54, 1.807) is 35.2 Å². The predicted molar refractivity (Wildman–Crippen MR) is 127 cm³/mol. The largest absolute Gasteiger partial charge is 0.450 e. The summed E-state index contributed by atoms with van der Waals surface area (Å²) >= 11 is 6.18. The molecule has 0 aliphatic carbocycles. The van der Waals surface area contributed by atoms with Crippen molar-refractivity contribution >= 4 is 40.1 Å². The number of benzene rings is 2. The molecule has 8 heteroatoms. The number of carbonyl (C=O) groups is 2. The van der Waals surface area contributed by atoms with Crippen LogP contribution in [0.4, 0.5) is 5.69 Å². The van der Waals surface area contributed by atoms with Crippen molar-refractivity contribution in [1.29, 1.82) is 0 Å². The summed E-state index contributed by atoms with van der Waals surface area (Å²) < 4.78 is 11.8. The van der Waals surface area contributed by atoms with Gasteiger partial charge < -0.3 is 19.0 Å². The highest BCUT2D eigenvalue weighted by molar-refractivity contribution is 6.31. The van der Waals surface area contributed by atoms with Crippen LogP contribution in [0.5, 0.6) is 0 Å². The molecule has 2 amide bonds. The van der Waals surface area contributed by atoms with Crippen molar-refractivity contribution in [3.8, 4) is 0 Å². The van der Waals surface area contributed by atoms with Crippen molar-refractivity contribution in [2.45, 2.75) is 24.5 Å².